The number of ether oxygens (including phenoxy) is 1. The summed E-state index contributed by atoms with van der Waals surface area (Å²) in [6.07, 6.45) is 0. The average molecular weight is 386 g/mol. The first-order chi connectivity index (χ1) is 11.4. The van der Waals surface area contributed by atoms with Crippen LogP contribution in [0.2, 0.25) is 15.1 Å². The van der Waals surface area contributed by atoms with Crippen LogP contribution in [0.3, 0.4) is 0 Å². The largest absolute Gasteiger partial charge is 0.483 e. The summed E-state index contributed by atoms with van der Waals surface area (Å²) in [5, 5.41) is 5.53. The molecule has 0 aliphatic heterocycles. The van der Waals surface area contributed by atoms with Crippen LogP contribution in [0.4, 0.5) is 0 Å². The summed E-state index contributed by atoms with van der Waals surface area (Å²) in [4.78, 5) is 11.8. The molecule has 7 heteroatoms. The van der Waals surface area contributed by atoms with Crippen LogP contribution in [0, 0.1) is 6.92 Å². The van der Waals surface area contributed by atoms with Gasteiger partial charge < -0.3 is 4.74 Å². The fourth-order valence-electron chi connectivity index (χ4n) is 1.88. The Morgan fingerprint density at radius 3 is 2.54 bits per heavy atom. The number of hydrazone groups is 1. The van der Waals surface area contributed by atoms with E-state index >= 15 is 0 Å². The van der Waals surface area contributed by atoms with Crippen LogP contribution in [-0.2, 0) is 4.79 Å². The molecule has 0 spiro atoms. The number of halogens is 3. The minimum absolute atomic E-state index is 0.152. The smallest absolute Gasteiger partial charge is 0.277 e. The molecule has 2 aromatic carbocycles. The van der Waals surface area contributed by atoms with Gasteiger partial charge in [0.25, 0.3) is 5.91 Å². The molecule has 0 atom stereocenters. The summed E-state index contributed by atoms with van der Waals surface area (Å²) in [7, 11) is 0. The molecule has 0 saturated heterocycles. The highest BCUT2D eigenvalue weighted by Crippen LogP contribution is 2.23. The molecule has 2 aromatic rings. The first-order valence-corrected chi connectivity index (χ1v) is 8.17. The Bertz CT molecular complexity index is 791. The van der Waals surface area contributed by atoms with Crippen molar-refractivity contribution >= 4 is 46.4 Å². The summed E-state index contributed by atoms with van der Waals surface area (Å²) in [5.41, 5.74) is 4.66. The third-order valence-corrected chi connectivity index (χ3v) is 4.16. The predicted octanol–water partition coefficient (Wildman–Crippen LogP) is 4.87. The molecule has 0 unspecified atom stereocenters. The van der Waals surface area contributed by atoms with Gasteiger partial charge in [-0.25, -0.2) is 5.43 Å². The maximum Gasteiger partial charge on any atom is 0.277 e. The molecule has 0 fully saturated rings. The highest BCUT2D eigenvalue weighted by Gasteiger charge is 2.06. The zero-order chi connectivity index (χ0) is 17.7. The zero-order valence-corrected chi connectivity index (χ0v) is 15.3. The van der Waals surface area contributed by atoms with Crippen LogP contribution in [0.15, 0.2) is 41.5 Å². The average Bonchev–Trinajstić information content (AvgIpc) is 2.54. The SMILES string of the molecule is C/C(=N\NC(=O)COc1ccc(Cl)cc1C)c1ccc(Cl)c(Cl)c1. The summed E-state index contributed by atoms with van der Waals surface area (Å²) in [6, 6.07) is 10.3. The first-order valence-electron chi connectivity index (χ1n) is 7.04. The number of hydrogen-bond donors (Lipinski definition) is 1. The number of nitrogens with one attached hydrogen (secondary N) is 1. The minimum Gasteiger partial charge on any atom is -0.483 e. The molecule has 0 bridgehead atoms. The van der Waals surface area contributed by atoms with E-state index in [1.54, 1.807) is 43.3 Å². The standard InChI is InChI=1S/C17H15Cl3N2O2/c1-10-7-13(18)4-6-16(10)24-9-17(23)22-21-11(2)12-3-5-14(19)15(20)8-12/h3-8H,9H2,1-2H3,(H,22,23)/b21-11+. The number of carbonyl (C=O) groups excluding carboxylic acids is 1. The summed E-state index contributed by atoms with van der Waals surface area (Å²) in [6.45, 7) is 3.45. The van der Waals surface area contributed by atoms with E-state index in [2.05, 4.69) is 10.5 Å². The van der Waals surface area contributed by atoms with Crippen molar-refractivity contribution in [3.8, 4) is 5.75 Å². The molecule has 0 aliphatic carbocycles. The summed E-state index contributed by atoms with van der Waals surface area (Å²) >= 11 is 17.7. The Balaban J connectivity index is 1.93. The summed E-state index contributed by atoms with van der Waals surface area (Å²) < 4.78 is 5.45. The predicted molar refractivity (Wildman–Crippen MR) is 98.5 cm³/mol. The number of nitrogens with zero attached hydrogens (tertiary/aromatic N) is 1. The van der Waals surface area contributed by atoms with Gasteiger partial charge in [-0.3, -0.25) is 4.79 Å². The molecule has 0 aliphatic rings. The Labute approximate surface area is 155 Å². The number of aryl methyl sites for hydroxylation is 1. The topological polar surface area (TPSA) is 50.7 Å². The monoisotopic (exact) mass is 384 g/mol. The van der Waals surface area contributed by atoms with E-state index in [4.69, 9.17) is 39.5 Å². The third-order valence-electron chi connectivity index (χ3n) is 3.18. The van der Waals surface area contributed by atoms with Crippen molar-refractivity contribution in [3.05, 3.63) is 62.6 Å². The number of benzene rings is 2. The number of rotatable bonds is 5. The van der Waals surface area contributed by atoms with Crippen molar-refractivity contribution in [2.24, 2.45) is 5.10 Å². The van der Waals surface area contributed by atoms with Crippen LogP contribution in [0.25, 0.3) is 0 Å². The van der Waals surface area contributed by atoms with Gasteiger partial charge in [0.1, 0.15) is 5.75 Å². The molecule has 0 saturated carbocycles. The van der Waals surface area contributed by atoms with E-state index in [1.165, 1.54) is 0 Å². The van der Waals surface area contributed by atoms with Gasteiger partial charge >= 0.3 is 0 Å². The molecule has 4 nitrogen and oxygen atoms in total. The van der Waals surface area contributed by atoms with E-state index in [9.17, 15) is 4.79 Å². The van der Waals surface area contributed by atoms with Crippen molar-refractivity contribution in [1.29, 1.82) is 0 Å². The second-order valence-corrected chi connectivity index (χ2v) is 6.31. The van der Waals surface area contributed by atoms with Crippen molar-refractivity contribution in [2.45, 2.75) is 13.8 Å². The fraction of sp³-hybridized carbons (Fsp3) is 0.176. The molecule has 1 amide bonds. The molecule has 24 heavy (non-hydrogen) atoms. The Hall–Kier alpha value is -1.75. The van der Waals surface area contributed by atoms with Gasteiger partial charge in [-0.2, -0.15) is 5.10 Å². The third kappa shape index (κ3) is 5.13. The maximum absolute atomic E-state index is 11.8. The highest BCUT2D eigenvalue weighted by atomic mass is 35.5. The van der Waals surface area contributed by atoms with E-state index in [1.807, 2.05) is 6.92 Å². The van der Waals surface area contributed by atoms with E-state index in [0.29, 0.717) is 26.5 Å². The van der Waals surface area contributed by atoms with Gasteiger partial charge in [0.2, 0.25) is 0 Å². The van der Waals surface area contributed by atoms with Crippen LogP contribution in [-0.4, -0.2) is 18.2 Å². The molecule has 0 heterocycles. The molecule has 1 N–H and O–H groups in total. The van der Waals surface area contributed by atoms with Crippen LogP contribution < -0.4 is 10.2 Å². The van der Waals surface area contributed by atoms with Crippen LogP contribution >= 0.6 is 34.8 Å². The van der Waals surface area contributed by atoms with Crippen molar-refractivity contribution in [1.82, 2.24) is 5.43 Å². The van der Waals surface area contributed by atoms with Crippen molar-refractivity contribution in [3.63, 3.8) is 0 Å². The minimum atomic E-state index is -0.372. The first kappa shape index (κ1) is 18.6. The van der Waals surface area contributed by atoms with Gasteiger partial charge in [-0.1, -0.05) is 40.9 Å². The number of carbonyl (C=O) groups is 1. The maximum atomic E-state index is 11.8. The van der Waals surface area contributed by atoms with E-state index in [-0.39, 0.29) is 12.5 Å². The molecule has 126 valence electrons. The van der Waals surface area contributed by atoms with Gasteiger partial charge in [0.05, 0.1) is 15.8 Å². The molecule has 0 radical (unpaired) electrons. The second-order valence-electron chi connectivity index (χ2n) is 5.06. The lowest BCUT2D eigenvalue weighted by Crippen LogP contribution is -2.25. The lowest BCUT2D eigenvalue weighted by Gasteiger charge is -2.09. The summed E-state index contributed by atoms with van der Waals surface area (Å²) in [5.74, 6) is 0.225. The molecular formula is C17H15Cl3N2O2. The number of hydrogen-bond acceptors (Lipinski definition) is 3. The van der Waals surface area contributed by atoms with E-state index < -0.39 is 0 Å². The lowest BCUT2D eigenvalue weighted by atomic mass is 10.1. The quantitative estimate of drug-likeness (QED) is 0.589. The molecule has 2 rings (SSSR count). The van der Waals surface area contributed by atoms with Gasteiger partial charge in [0, 0.05) is 5.02 Å². The van der Waals surface area contributed by atoms with Gasteiger partial charge in [-0.15, -0.1) is 0 Å². The fourth-order valence-corrected chi connectivity index (χ4v) is 2.41. The normalized spacial score (nSPS) is 11.3. The Kier molecular flexibility index (Phi) is 6.49. The Morgan fingerprint density at radius 1 is 1.12 bits per heavy atom. The van der Waals surface area contributed by atoms with Crippen molar-refractivity contribution in [2.75, 3.05) is 6.61 Å². The van der Waals surface area contributed by atoms with E-state index in [0.717, 1.165) is 11.1 Å². The highest BCUT2D eigenvalue weighted by molar-refractivity contribution is 6.42. The second kappa shape index (κ2) is 8.38. The number of amides is 1. The van der Waals surface area contributed by atoms with Crippen LogP contribution in [0.1, 0.15) is 18.1 Å². The lowest BCUT2D eigenvalue weighted by molar-refractivity contribution is -0.123. The van der Waals surface area contributed by atoms with Gasteiger partial charge in [0.15, 0.2) is 6.61 Å². The van der Waals surface area contributed by atoms with Crippen LogP contribution in [0.5, 0.6) is 5.75 Å². The molecule has 0 aromatic heterocycles. The van der Waals surface area contributed by atoms with Gasteiger partial charge in [-0.05, 0) is 55.3 Å². The zero-order valence-electron chi connectivity index (χ0n) is 13.1. The Morgan fingerprint density at radius 2 is 1.88 bits per heavy atom. The molecular weight excluding hydrogens is 371 g/mol. The van der Waals surface area contributed by atoms with Crippen molar-refractivity contribution < 1.29 is 9.53 Å².